The molecule has 0 heterocycles. The smallest absolute Gasteiger partial charge is 0.310 e. The molecule has 25 heavy (non-hydrogen) atoms. The molecule has 0 saturated carbocycles. The summed E-state index contributed by atoms with van der Waals surface area (Å²) in [6.07, 6.45) is 1.16. The lowest BCUT2D eigenvalue weighted by molar-refractivity contribution is -0.393. The Labute approximate surface area is 138 Å². The van der Waals surface area contributed by atoms with E-state index in [1.807, 2.05) is 0 Å². The summed E-state index contributed by atoms with van der Waals surface area (Å²) in [4.78, 5) is 29.9. The van der Waals surface area contributed by atoms with Crippen molar-refractivity contribution in [2.45, 2.75) is 0 Å². The second-order valence-electron chi connectivity index (χ2n) is 4.59. The molecule has 0 bridgehead atoms. The van der Waals surface area contributed by atoms with Gasteiger partial charge in [0.05, 0.1) is 27.1 Å². The summed E-state index contributed by atoms with van der Waals surface area (Å²) in [5.41, 5.74) is 1.10. The van der Waals surface area contributed by atoms with Crippen LogP contribution < -0.4 is 5.43 Å². The molecular weight excluding hydrogens is 338 g/mol. The second-order valence-corrected chi connectivity index (χ2v) is 4.59. The van der Waals surface area contributed by atoms with Crippen molar-refractivity contribution in [3.8, 4) is 5.75 Å². The molecule has 0 fully saturated rings. The standard InChI is InChI=1S/C13H9N5O7/c19-13-5-8(1-4-11(13)17(22)23)7-14-15-10-3-2-9(16(20)21)6-12(10)18(24)25/h1-7,15,19H/b14-7+. The van der Waals surface area contributed by atoms with Crippen molar-refractivity contribution < 1.29 is 19.9 Å². The van der Waals surface area contributed by atoms with Gasteiger partial charge in [-0.05, 0) is 23.8 Å². The number of hydrogen-bond donors (Lipinski definition) is 2. The lowest BCUT2D eigenvalue weighted by atomic mass is 10.2. The molecule has 0 atom stereocenters. The predicted octanol–water partition coefficient (Wildman–Crippen LogP) is 2.56. The first-order valence-electron chi connectivity index (χ1n) is 6.49. The maximum atomic E-state index is 11.0. The van der Waals surface area contributed by atoms with Crippen LogP contribution in [-0.4, -0.2) is 26.1 Å². The summed E-state index contributed by atoms with van der Waals surface area (Å²) in [5.74, 6) is -0.560. The molecule has 12 heteroatoms. The Morgan fingerprint density at radius 3 is 2.16 bits per heavy atom. The summed E-state index contributed by atoms with van der Waals surface area (Å²) in [7, 11) is 0. The number of aromatic hydroxyl groups is 1. The molecule has 0 aliphatic carbocycles. The summed E-state index contributed by atoms with van der Waals surface area (Å²) in [6, 6.07) is 6.46. The molecule has 2 N–H and O–H groups in total. The lowest BCUT2D eigenvalue weighted by Gasteiger charge is -2.02. The molecule has 0 saturated heterocycles. The van der Waals surface area contributed by atoms with E-state index in [9.17, 15) is 35.4 Å². The number of non-ortho nitro benzene ring substituents is 1. The van der Waals surface area contributed by atoms with Crippen LogP contribution in [0.3, 0.4) is 0 Å². The van der Waals surface area contributed by atoms with Crippen LogP contribution >= 0.6 is 0 Å². The number of anilines is 1. The molecule has 0 spiro atoms. The summed E-state index contributed by atoms with van der Waals surface area (Å²) >= 11 is 0. The van der Waals surface area contributed by atoms with Gasteiger partial charge in [0.25, 0.3) is 5.69 Å². The molecule has 128 valence electrons. The fourth-order valence-electron chi connectivity index (χ4n) is 1.83. The Hall–Kier alpha value is -4.09. The van der Waals surface area contributed by atoms with Gasteiger partial charge in [-0.2, -0.15) is 5.10 Å². The number of rotatable bonds is 6. The van der Waals surface area contributed by atoms with Crippen molar-refractivity contribution in [1.82, 2.24) is 0 Å². The molecular formula is C13H9N5O7. The van der Waals surface area contributed by atoms with E-state index in [0.29, 0.717) is 5.56 Å². The van der Waals surface area contributed by atoms with E-state index in [1.54, 1.807) is 0 Å². The van der Waals surface area contributed by atoms with Crippen molar-refractivity contribution in [2.75, 3.05) is 5.43 Å². The fourth-order valence-corrected chi connectivity index (χ4v) is 1.83. The van der Waals surface area contributed by atoms with Crippen LogP contribution in [0.2, 0.25) is 0 Å². The van der Waals surface area contributed by atoms with E-state index in [1.165, 1.54) is 6.07 Å². The Bertz CT molecular complexity index is 896. The van der Waals surface area contributed by atoms with Gasteiger partial charge in [0.1, 0.15) is 5.69 Å². The van der Waals surface area contributed by atoms with Crippen molar-refractivity contribution in [1.29, 1.82) is 0 Å². The molecule has 0 amide bonds. The fraction of sp³-hybridized carbons (Fsp3) is 0. The zero-order valence-corrected chi connectivity index (χ0v) is 12.2. The zero-order chi connectivity index (χ0) is 18.6. The Balaban J connectivity index is 2.22. The quantitative estimate of drug-likeness (QED) is 0.455. The maximum absolute atomic E-state index is 11.0. The minimum atomic E-state index is -0.803. The van der Waals surface area contributed by atoms with Gasteiger partial charge in [-0.15, -0.1) is 0 Å². The second kappa shape index (κ2) is 6.99. The van der Waals surface area contributed by atoms with Crippen LogP contribution in [0.25, 0.3) is 0 Å². The number of nitrogens with one attached hydrogen (secondary N) is 1. The molecule has 12 nitrogen and oxygen atoms in total. The Kier molecular flexibility index (Phi) is 4.83. The molecule has 0 aliphatic heterocycles. The number of hydrogen-bond acceptors (Lipinski definition) is 9. The highest BCUT2D eigenvalue weighted by Gasteiger charge is 2.19. The van der Waals surface area contributed by atoms with E-state index >= 15 is 0 Å². The number of hydrazone groups is 1. The molecule has 0 unspecified atom stereocenters. The average Bonchev–Trinajstić information content (AvgIpc) is 2.54. The number of benzene rings is 2. The average molecular weight is 347 g/mol. The van der Waals surface area contributed by atoms with Crippen LogP contribution in [0, 0.1) is 30.3 Å². The first-order chi connectivity index (χ1) is 11.8. The summed E-state index contributed by atoms with van der Waals surface area (Å²) in [6.45, 7) is 0. The van der Waals surface area contributed by atoms with Crippen molar-refractivity contribution in [2.24, 2.45) is 5.10 Å². The maximum Gasteiger partial charge on any atom is 0.310 e. The lowest BCUT2D eigenvalue weighted by Crippen LogP contribution is -1.98. The molecule has 2 rings (SSSR count). The van der Waals surface area contributed by atoms with Crippen LogP contribution in [-0.2, 0) is 0 Å². The minimum absolute atomic E-state index is 0.0852. The Morgan fingerprint density at radius 1 is 0.920 bits per heavy atom. The number of nitro groups is 3. The normalized spacial score (nSPS) is 10.6. The number of nitrogens with zero attached hydrogens (tertiary/aromatic N) is 4. The van der Waals surface area contributed by atoms with Crippen molar-refractivity contribution >= 4 is 29.0 Å². The van der Waals surface area contributed by atoms with Gasteiger partial charge in [0, 0.05) is 12.1 Å². The highest BCUT2D eigenvalue weighted by Crippen LogP contribution is 2.29. The molecule has 0 aromatic heterocycles. The van der Waals surface area contributed by atoms with Gasteiger partial charge < -0.3 is 5.11 Å². The van der Waals surface area contributed by atoms with Crippen LogP contribution in [0.1, 0.15) is 5.56 Å². The largest absolute Gasteiger partial charge is 0.502 e. The van der Waals surface area contributed by atoms with E-state index in [2.05, 4.69) is 10.5 Å². The summed E-state index contributed by atoms with van der Waals surface area (Å²) < 4.78 is 0. The van der Waals surface area contributed by atoms with E-state index < -0.39 is 37.6 Å². The highest BCUT2D eigenvalue weighted by molar-refractivity contribution is 5.82. The topological polar surface area (TPSA) is 174 Å². The van der Waals surface area contributed by atoms with Crippen molar-refractivity contribution in [3.05, 3.63) is 72.3 Å². The van der Waals surface area contributed by atoms with Gasteiger partial charge in [-0.1, -0.05) is 0 Å². The number of phenolic OH excluding ortho intramolecular Hbond substituents is 1. The van der Waals surface area contributed by atoms with Gasteiger partial charge >= 0.3 is 11.4 Å². The Morgan fingerprint density at radius 2 is 1.60 bits per heavy atom. The highest BCUT2D eigenvalue weighted by atomic mass is 16.6. The monoisotopic (exact) mass is 347 g/mol. The zero-order valence-electron chi connectivity index (χ0n) is 12.2. The van der Waals surface area contributed by atoms with E-state index in [-0.39, 0.29) is 5.69 Å². The minimum Gasteiger partial charge on any atom is -0.502 e. The number of phenols is 1. The van der Waals surface area contributed by atoms with Crippen LogP contribution in [0.4, 0.5) is 22.7 Å². The van der Waals surface area contributed by atoms with E-state index in [4.69, 9.17) is 0 Å². The molecule has 0 aliphatic rings. The third kappa shape index (κ3) is 4.01. The van der Waals surface area contributed by atoms with E-state index in [0.717, 1.165) is 36.5 Å². The SMILES string of the molecule is O=[N+]([O-])c1ccc(N/N=C/c2ccc([N+](=O)[O-])c(O)c2)c([N+](=O)[O-])c1. The van der Waals surface area contributed by atoms with Gasteiger partial charge in [-0.3, -0.25) is 35.8 Å². The van der Waals surface area contributed by atoms with Crippen LogP contribution in [0.5, 0.6) is 5.75 Å². The van der Waals surface area contributed by atoms with Gasteiger partial charge in [0.2, 0.25) is 0 Å². The van der Waals surface area contributed by atoms with Gasteiger partial charge in [-0.25, -0.2) is 0 Å². The third-order valence-corrected chi connectivity index (χ3v) is 2.98. The summed E-state index contributed by atoms with van der Waals surface area (Å²) in [5, 5.41) is 45.4. The van der Waals surface area contributed by atoms with Gasteiger partial charge in [0.15, 0.2) is 5.75 Å². The molecule has 2 aromatic carbocycles. The first-order valence-corrected chi connectivity index (χ1v) is 6.49. The number of nitro benzene ring substituents is 3. The predicted molar refractivity (Wildman–Crippen MR) is 85.7 cm³/mol. The first kappa shape index (κ1) is 17.3. The van der Waals surface area contributed by atoms with Crippen LogP contribution in [0.15, 0.2) is 41.5 Å². The van der Waals surface area contributed by atoms with Crippen molar-refractivity contribution in [3.63, 3.8) is 0 Å². The molecule has 0 radical (unpaired) electrons. The molecule has 2 aromatic rings. The third-order valence-electron chi connectivity index (χ3n) is 2.98.